The average molecular weight is 291 g/mol. The Morgan fingerprint density at radius 1 is 1.30 bits per heavy atom. The minimum atomic E-state index is 0.465. The highest BCUT2D eigenvalue weighted by atomic mass is 32.1. The van der Waals surface area contributed by atoms with Crippen LogP contribution in [0, 0.1) is 0 Å². The molecule has 0 aromatic heterocycles. The molecule has 0 unspecified atom stereocenters. The van der Waals surface area contributed by atoms with Crippen LogP contribution >= 0.6 is 12.2 Å². The Morgan fingerprint density at radius 3 is 2.70 bits per heavy atom. The summed E-state index contributed by atoms with van der Waals surface area (Å²) in [6, 6.07) is 5.86. The largest absolute Gasteiger partial charge is 0.493 e. The topological polar surface area (TPSA) is 21.7 Å². The number of ether oxygens (including phenoxy) is 2. The molecule has 1 heterocycles. The van der Waals surface area contributed by atoms with Crippen LogP contribution in [-0.2, 0) is 0 Å². The van der Waals surface area contributed by atoms with E-state index in [4.69, 9.17) is 21.7 Å². The van der Waals surface area contributed by atoms with Gasteiger partial charge in [-0.1, -0.05) is 24.9 Å². The Hall–Kier alpha value is -1.55. The lowest BCUT2D eigenvalue weighted by molar-refractivity contribution is 0.326. The molecule has 108 valence electrons. The maximum atomic E-state index is 5.59. The van der Waals surface area contributed by atoms with E-state index in [-0.39, 0.29) is 0 Å². The van der Waals surface area contributed by atoms with Crippen LogP contribution in [0.3, 0.4) is 0 Å². The second-order valence-corrected chi connectivity index (χ2v) is 5.20. The first-order valence-corrected chi connectivity index (χ1v) is 7.38. The summed E-state index contributed by atoms with van der Waals surface area (Å²) >= 11 is 5.59. The molecule has 1 aromatic carbocycles. The normalized spacial score (nSPS) is 14.8. The number of nitrogens with zero attached hydrogens (tertiary/aromatic N) is 1. The smallest absolute Gasteiger partial charge is 0.161 e. The van der Waals surface area contributed by atoms with Gasteiger partial charge >= 0.3 is 0 Å². The molecule has 0 aliphatic carbocycles. The van der Waals surface area contributed by atoms with Crippen LogP contribution in [-0.4, -0.2) is 36.7 Å². The fourth-order valence-corrected chi connectivity index (χ4v) is 2.66. The number of piperidine rings is 1. The molecule has 0 N–H and O–H groups in total. The van der Waals surface area contributed by atoms with Crippen molar-refractivity contribution in [1.29, 1.82) is 0 Å². The second-order valence-electron chi connectivity index (χ2n) is 4.82. The zero-order valence-corrected chi connectivity index (χ0v) is 12.7. The zero-order chi connectivity index (χ0) is 14.4. The Morgan fingerprint density at radius 2 is 2.05 bits per heavy atom. The molecule has 20 heavy (non-hydrogen) atoms. The molecule has 0 radical (unpaired) electrons. The van der Waals surface area contributed by atoms with Gasteiger partial charge in [-0.05, 0) is 37.5 Å². The molecule has 1 saturated heterocycles. The van der Waals surface area contributed by atoms with Gasteiger partial charge in [0, 0.05) is 18.7 Å². The van der Waals surface area contributed by atoms with Gasteiger partial charge in [0.15, 0.2) is 11.5 Å². The minimum Gasteiger partial charge on any atom is -0.493 e. The zero-order valence-electron chi connectivity index (χ0n) is 11.9. The fraction of sp³-hybridized carbons (Fsp3) is 0.438. The molecule has 0 bridgehead atoms. The summed E-state index contributed by atoms with van der Waals surface area (Å²) in [5.74, 6) is 1.43. The first kappa shape index (κ1) is 14.9. The highest BCUT2D eigenvalue weighted by molar-refractivity contribution is 7.80. The van der Waals surface area contributed by atoms with E-state index in [0.29, 0.717) is 12.4 Å². The van der Waals surface area contributed by atoms with Crippen LogP contribution in [0.2, 0.25) is 0 Å². The molecule has 1 aromatic rings. The van der Waals surface area contributed by atoms with Crippen molar-refractivity contribution in [3.05, 3.63) is 36.4 Å². The SMILES string of the molecule is C=CCOc1ccc(C(=S)N2CCCCC2)cc1OC. The summed E-state index contributed by atoms with van der Waals surface area (Å²) in [7, 11) is 1.64. The van der Waals surface area contributed by atoms with Crippen LogP contribution in [0.15, 0.2) is 30.9 Å². The molecule has 0 atom stereocenters. The highest BCUT2D eigenvalue weighted by Crippen LogP contribution is 2.29. The van der Waals surface area contributed by atoms with Gasteiger partial charge in [0.05, 0.1) is 7.11 Å². The van der Waals surface area contributed by atoms with Crippen LogP contribution in [0.1, 0.15) is 24.8 Å². The summed E-state index contributed by atoms with van der Waals surface area (Å²) in [6.45, 7) is 6.21. The van der Waals surface area contributed by atoms with E-state index in [1.54, 1.807) is 13.2 Å². The lowest BCUT2D eigenvalue weighted by atomic mass is 10.1. The third kappa shape index (κ3) is 3.51. The summed E-state index contributed by atoms with van der Waals surface area (Å²) in [5.41, 5.74) is 1.02. The van der Waals surface area contributed by atoms with Crippen molar-refractivity contribution in [2.24, 2.45) is 0 Å². The number of hydrogen-bond donors (Lipinski definition) is 0. The highest BCUT2D eigenvalue weighted by Gasteiger charge is 2.16. The average Bonchev–Trinajstić information content (AvgIpc) is 2.52. The van der Waals surface area contributed by atoms with Crippen molar-refractivity contribution >= 4 is 17.2 Å². The number of thiocarbonyl (C=S) groups is 1. The predicted octanol–water partition coefficient (Wildman–Crippen LogP) is 3.42. The molecule has 0 spiro atoms. The van der Waals surface area contributed by atoms with Crippen LogP contribution < -0.4 is 9.47 Å². The Kier molecular flexibility index (Phi) is 5.41. The van der Waals surface area contributed by atoms with Crippen molar-refractivity contribution in [2.45, 2.75) is 19.3 Å². The van der Waals surface area contributed by atoms with Crippen LogP contribution in [0.5, 0.6) is 11.5 Å². The summed E-state index contributed by atoms with van der Waals surface area (Å²) in [5, 5.41) is 0. The lowest BCUT2D eigenvalue weighted by Gasteiger charge is -2.29. The summed E-state index contributed by atoms with van der Waals surface area (Å²) < 4.78 is 10.9. The molecule has 3 nitrogen and oxygen atoms in total. The van der Waals surface area contributed by atoms with E-state index in [2.05, 4.69) is 11.5 Å². The van der Waals surface area contributed by atoms with Gasteiger partial charge in [0.1, 0.15) is 11.6 Å². The van der Waals surface area contributed by atoms with Crippen molar-refractivity contribution in [1.82, 2.24) is 4.90 Å². The predicted molar refractivity (Wildman–Crippen MR) is 85.8 cm³/mol. The number of benzene rings is 1. The van der Waals surface area contributed by atoms with Gasteiger partial charge < -0.3 is 14.4 Å². The van der Waals surface area contributed by atoms with Gasteiger partial charge in [0.2, 0.25) is 0 Å². The molecule has 0 amide bonds. The minimum absolute atomic E-state index is 0.465. The van der Waals surface area contributed by atoms with Crippen molar-refractivity contribution in [3.8, 4) is 11.5 Å². The molecule has 1 aliphatic rings. The fourth-order valence-electron chi connectivity index (χ4n) is 2.35. The Labute approximate surface area is 126 Å². The molecule has 0 saturated carbocycles. The van der Waals surface area contributed by atoms with Gasteiger partial charge in [-0.25, -0.2) is 0 Å². The second kappa shape index (κ2) is 7.29. The lowest BCUT2D eigenvalue weighted by Crippen LogP contribution is -2.34. The molecular formula is C16H21NO2S. The van der Waals surface area contributed by atoms with Crippen molar-refractivity contribution < 1.29 is 9.47 Å². The Balaban J connectivity index is 2.15. The van der Waals surface area contributed by atoms with E-state index in [1.807, 2.05) is 18.2 Å². The van der Waals surface area contributed by atoms with E-state index < -0.39 is 0 Å². The van der Waals surface area contributed by atoms with Crippen molar-refractivity contribution in [2.75, 3.05) is 26.8 Å². The third-order valence-electron chi connectivity index (χ3n) is 3.41. The number of hydrogen-bond acceptors (Lipinski definition) is 3. The maximum absolute atomic E-state index is 5.59. The van der Waals surface area contributed by atoms with Gasteiger partial charge in [-0.15, -0.1) is 0 Å². The monoisotopic (exact) mass is 291 g/mol. The molecule has 2 rings (SSSR count). The first-order chi connectivity index (χ1) is 9.76. The first-order valence-electron chi connectivity index (χ1n) is 6.97. The van der Waals surface area contributed by atoms with Crippen LogP contribution in [0.4, 0.5) is 0 Å². The molecular weight excluding hydrogens is 270 g/mol. The van der Waals surface area contributed by atoms with E-state index >= 15 is 0 Å². The van der Waals surface area contributed by atoms with E-state index in [0.717, 1.165) is 29.4 Å². The number of likely N-dealkylation sites (tertiary alicyclic amines) is 1. The molecule has 1 aliphatic heterocycles. The van der Waals surface area contributed by atoms with Gasteiger partial charge in [-0.3, -0.25) is 0 Å². The summed E-state index contributed by atoms with van der Waals surface area (Å²) in [4.78, 5) is 3.18. The maximum Gasteiger partial charge on any atom is 0.161 e. The van der Waals surface area contributed by atoms with Crippen LogP contribution in [0.25, 0.3) is 0 Å². The number of rotatable bonds is 5. The standard InChI is InChI=1S/C16H21NO2S/c1-3-11-19-14-8-7-13(12-15(14)18-2)16(20)17-9-5-4-6-10-17/h3,7-8,12H,1,4-6,9-11H2,2H3. The summed E-state index contributed by atoms with van der Waals surface area (Å²) in [6.07, 6.45) is 5.46. The van der Waals surface area contributed by atoms with Gasteiger partial charge in [-0.2, -0.15) is 0 Å². The third-order valence-corrected chi connectivity index (χ3v) is 3.90. The van der Waals surface area contributed by atoms with Crippen molar-refractivity contribution in [3.63, 3.8) is 0 Å². The van der Waals surface area contributed by atoms with E-state index in [9.17, 15) is 0 Å². The molecule has 1 fully saturated rings. The van der Waals surface area contributed by atoms with Gasteiger partial charge in [0.25, 0.3) is 0 Å². The quantitative estimate of drug-likeness (QED) is 0.612. The Bertz CT molecular complexity index is 481. The number of methoxy groups -OCH3 is 1. The molecule has 4 heteroatoms. The van der Waals surface area contributed by atoms with E-state index in [1.165, 1.54) is 19.3 Å².